The van der Waals surface area contributed by atoms with Gasteiger partial charge in [-0.1, -0.05) is 24.3 Å². The van der Waals surface area contributed by atoms with E-state index in [4.69, 9.17) is 9.47 Å². The zero-order valence-electron chi connectivity index (χ0n) is 13.0. The first-order chi connectivity index (χ1) is 11.1. The van der Waals surface area contributed by atoms with E-state index in [2.05, 4.69) is 0 Å². The summed E-state index contributed by atoms with van der Waals surface area (Å²) in [5.41, 5.74) is 2.16. The number of benzene rings is 3. The summed E-state index contributed by atoms with van der Waals surface area (Å²) >= 11 is 0. The first-order valence-electron chi connectivity index (χ1n) is 7.38. The molecule has 0 N–H and O–H groups in total. The van der Waals surface area contributed by atoms with Crippen molar-refractivity contribution in [3.8, 4) is 23.0 Å². The van der Waals surface area contributed by atoms with Gasteiger partial charge in [0.15, 0.2) is 0 Å². The van der Waals surface area contributed by atoms with E-state index in [-0.39, 0.29) is 0 Å². The Hall–Kier alpha value is -2.81. The van der Waals surface area contributed by atoms with Crippen LogP contribution in [-0.2, 0) is 0 Å². The molecule has 3 aromatic carbocycles. The van der Waals surface area contributed by atoms with Crippen LogP contribution in [0, 0.1) is 19.7 Å². The van der Waals surface area contributed by atoms with Gasteiger partial charge in [-0.15, -0.1) is 0 Å². The van der Waals surface area contributed by atoms with Gasteiger partial charge < -0.3 is 9.47 Å². The van der Waals surface area contributed by atoms with Crippen LogP contribution >= 0.6 is 0 Å². The predicted octanol–water partition coefficient (Wildman–Crippen LogP) is 6.03. The fraction of sp³-hybridized carbons (Fsp3) is 0.100. The Morgan fingerprint density at radius 3 is 1.52 bits per heavy atom. The van der Waals surface area contributed by atoms with E-state index >= 15 is 0 Å². The highest BCUT2D eigenvalue weighted by molar-refractivity contribution is 5.41. The van der Waals surface area contributed by atoms with Gasteiger partial charge in [0.05, 0.1) is 0 Å². The quantitative estimate of drug-likeness (QED) is 0.586. The lowest BCUT2D eigenvalue weighted by molar-refractivity contribution is 0.451. The highest BCUT2D eigenvalue weighted by atomic mass is 19.1. The molecule has 3 rings (SSSR count). The van der Waals surface area contributed by atoms with Crippen LogP contribution in [0.25, 0.3) is 0 Å². The van der Waals surface area contributed by atoms with Gasteiger partial charge in [0.2, 0.25) is 0 Å². The van der Waals surface area contributed by atoms with Gasteiger partial charge in [-0.2, -0.15) is 0 Å². The third kappa shape index (κ3) is 4.10. The highest BCUT2D eigenvalue weighted by Gasteiger charge is 2.06. The Kier molecular flexibility index (Phi) is 4.29. The van der Waals surface area contributed by atoms with Crippen LogP contribution in [0.15, 0.2) is 66.7 Å². The summed E-state index contributed by atoms with van der Waals surface area (Å²) in [6.45, 7) is 3.95. The molecule has 0 atom stereocenters. The van der Waals surface area contributed by atoms with Crippen molar-refractivity contribution >= 4 is 0 Å². The van der Waals surface area contributed by atoms with E-state index in [9.17, 15) is 4.39 Å². The van der Waals surface area contributed by atoms with Crippen molar-refractivity contribution in [1.82, 2.24) is 0 Å². The van der Waals surface area contributed by atoms with Crippen molar-refractivity contribution in [3.05, 3.63) is 83.7 Å². The van der Waals surface area contributed by atoms with Gasteiger partial charge in [0, 0.05) is 18.2 Å². The molecule has 2 nitrogen and oxygen atoms in total. The van der Waals surface area contributed by atoms with Crippen LogP contribution in [0.1, 0.15) is 11.1 Å². The fourth-order valence-corrected chi connectivity index (χ4v) is 2.28. The van der Waals surface area contributed by atoms with Crippen LogP contribution in [0.3, 0.4) is 0 Å². The van der Waals surface area contributed by atoms with Gasteiger partial charge >= 0.3 is 0 Å². The second-order valence-corrected chi connectivity index (χ2v) is 5.46. The van der Waals surface area contributed by atoms with Crippen molar-refractivity contribution < 1.29 is 13.9 Å². The van der Waals surface area contributed by atoms with E-state index in [1.54, 1.807) is 6.07 Å². The molecule has 0 spiro atoms. The van der Waals surface area contributed by atoms with E-state index in [0.29, 0.717) is 23.0 Å². The SMILES string of the molecule is Cc1cccc(Oc2cc(F)cc(Oc3cccc(C)c3)c2)c1. The standard InChI is InChI=1S/C20H17FO2/c1-14-5-3-7-17(9-14)22-19-11-16(21)12-20(13-19)23-18-8-4-6-15(2)10-18/h3-13H,1-2H3. The zero-order valence-corrected chi connectivity index (χ0v) is 13.0. The Labute approximate surface area is 135 Å². The Morgan fingerprint density at radius 2 is 1.09 bits per heavy atom. The minimum absolute atomic E-state index is 0.401. The summed E-state index contributed by atoms with van der Waals surface area (Å²) in [6, 6.07) is 19.6. The maximum absolute atomic E-state index is 13.8. The van der Waals surface area contributed by atoms with Gasteiger partial charge in [0.1, 0.15) is 28.8 Å². The fourth-order valence-electron chi connectivity index (χ4n) is 2.28. The van der Waals surface area contributed by atoms with Crippen molar-refractivity contribution in [1.29, 1.82) is 0 Å². The normalized spacial score (nSPS) is 10.4. The molecular formula is C20H17FO2. The molecule has 23 heavy (non-hydrogen) atoms. The Balaban J connectivity index is 1.84. The van der Waals surface area contributed by atoms with Gasteiger partial charge in [0.25, 0.3) is 0 Å². The average molecular weight is 308 g/mol. The molecule has 0 fully saturated rings. The molecule has 3 aromatic rings. The summed E-state index contributed by atoms with van der Waals surface area (Å²) in [7, 11) is 0. The minimum atomic E-state index is -0.405. The smallest absolute Gasteiger partial charge is 0.134 e. The minimum Gasteiger partial charge on any atom is -0.457 e. The number of halogens is 1. The summed E-state index contributed by atoms with van der Waals surface area (Å²) in [5, 5.41) is 0. The second-order valence-electron chi connectivity index (χ2n) is 5.46. The Morgan fingerprint density at radius 1 is 0.609 bits per heavy atom. The molecule has 0 amide bonds. The lowest BCUT2D eigenvalue weighted by Gasteiger charge is -2.10. The number of hydrogen-bond donors (Lipinski definition) is 0. The third-order valence-corrected chi connectivity index (χ3v) is 3.30. The van der Waals surface area contributed by atoms with E-state index in [0.717, 1.165) is 11.1 Å². The van der Waals surface area contributed by atoms with Crippen LogP contribution in [0.2, 0.25) is 0 Å². The van der Waals surface area contributed by atoms with Crippen molar-refractivity contribution in [2.75, 3.05) is 0 Å². The monoisotopic (exact) mass is 308 g/mol. The molecular weight excluding hydrogens is 291 g/mol. The molecule has 116 valence electrons. The third-order valence-electron chi connectivity index (χ3n) is 3.30. The summed E-state index contributed by atoms with van der Waals surface area (Å²) in [4.78, 5) is 0. The lowest BCUT2D eigenvalue weighted by Crippen LogP contribution is -1.90. The van der Waals surface area contributed by atoms with Crippen LogP contribution in [-0.4, -0.2) is 0 Å². The molecule has 0 aliphatic heterocycles. The van der Waals surface area contributed by atoms with Crippen LogP contribution < -0.4 is 9.47 Å². The molecule has 3 heteroatoms. The lowest BCUT2D eigenvalue weighted by atomic mass is 10.2. The highest BCUT2D eigenvalue weighted by Crippen LogP contribution is 2.30. The predicted molar refractivity (Wildman–Crippen MR) is 88.9 cm³/mol. The largest absolute Gasteiger partial charge is 0.457 e. The maximum Gasteiger partial charge on any atom is 0.134 e. The van der Waals surface area contributed by atoms with Gasteiger partial charge in [-0.05, 0) is 49.2 Å². The molecule has 0 bridgehead atoms. The van der Waals surface area contributed by atoms with E-state index in [1.165, 1.54) is 12.1 Å². The number of ether oxygens (including phenoxy) is 2. The Bertz CT molecular complexity index is 762. The second kappa shape index (κ2) is 6.53. The molecule has 0 unspecified atom stereocenters. The van der Waals surface area contributed by atoms with Gasteiger partial charge in [-0.3, -0.25) is 0 Å². The van der Waals surface area contributed by atoms with Crippen LogP contribution in [0.4, 0.5) is 4.39 Å². The molecule has 0 heterocycles. The first kappa shape index (κ1) is 15.1. The molecule has 0 saturated heterocycles. The van der Waals surface area contributed by atoms with Crippen molar-refractivity contribution in [2.45, 2.75) is 13.8 Å². The zero-order chi connectivity index (χ0) is 16.2. The number of aryl methyl sites for hydroxylation is 2. The van der Waals surface area contributed by atoms with Crippen LogP contribution in [0.5, 0.6) is 23.0 Å². The number of rotatable bonds is 4. The summed E-state index contributed by atoms with van der Waals surface area (Å²) in [6.07, 6.45) is 0. The summed E-state index contributed by atoms with van der Waals surface area (Å²) < 4.78 is 25.3. The van der Waals surface area contributed by atoms with Crippen molar-refractivity contribution in [2.24, 2.45) is 0 Å². The van der Waals surface area contributed by atoms with Gasteiger partial charge in [-0.25, -0.2) is 4.39 Å². The molecule has 0 aliphatic carbocycles. The van der Waals surface area contributed by atoms with E-state index < -0.39 is 5.82 Å². The van der Waals surface area contributed by atoms with Crippen molar-refractivity contribution in [3.63, 3.8) is 0 Å². The molecule has 0 saturated carbocycles. The molecule has 0 aromatic heterocycles. The molecule has 0 radical (unpaired) electrons. The maximum atomic E-state index is 13.8. The number of hydrogen-bond acceptors (Lipinski definition) is 2. The average Bonchev–Trinajstić information content (AvgIpc) is 2.46. The first-order valence-corrected chi connectivity index (χ1v) is 7.38. The topological polar surface area (TPSA) is 18.5 Å². The molecule has 0 aliphatic rings. The summed E-state index contributed by atoms with van der Waals surface area (Å²) in [5.74, 6) is 1.73. The van der Waals surface area contributed by atoms with E-state index in [1.807, 2.05) is 62.4 Å².